The van der Waals surface area contributed by atoms with Gasteiger partial charge in [0.1, 0.15) is 6.29 Å². The smallest absolute Gasteiger partial charge is 0.150 e. The number of hydrogen-bond donors (Lipinski definition) is 0. The van der Waals surface area contributed by atoms with Gasteiger partial charge in [-0.3, -0.25) is 4.79 Å². The van der Waals surface area contributed by atoms with E-state index in [1.807, 2.05) is 6.92 Å². The van der Waals surface area contributed by atoms with Crippen molar-refractivity contribution in [1.82, 2.24) is 0 Å². The first-order chi connectivity index (χ1) is 8.13. The zero-order valence-electron chi connectivity index (χ0n) is 11.0. The van der Waals surface area contributed by atoms with E-state index in [1.165, 1.54) is 24.1 Å². The SMILES string of the molecule is Cc1cc(N2CCCC2)c(C(C)C)cc1C=O. The van der Waals surface area contributed by atoms with Gasteiger partial charge in [0.05, 0.1) is 0 Å². The van der Waals surface area contributed by atoms with E-state index in [-0.39, 0.29) is 0 Å². The minimum Gasteiger partial charge on any atom is -0.371 e. The zero-order valence-corrected chi connectivity index (χ0v) is 11.0. The third kappa shape index (κ3) is 2.36. The van der Waals surface area contributed by atoms with Gasteiger partial charge in [-0.05, 0) is 48.9 Å². The van der Waals surface area contributed by atoms with E-state index in [0.29, 0.717) is 5.92 Å². The molecule has 1 aromatic rings. The molecule has 0 aliphatic carbocycles. The van der Waals surface area contributed by atoms with E-state index in [4.69, 9.17) is 0 Å². The Labute approximate surface area is 104 Å². The number of aryl methyl sites for hydroxylation is 1. The molecule has 92 valence electrons. The van der Waals surface area contributed by atoms with Crippen molar-refractivity contribution < 1.29 is 4.79 Å². The number of carbonyl (C=O) groups is 1. The van der Waals surface area contributed by atoms with E-state index in [9.17, 15) is 4.79 Å². The second kappa shape index (κ2) is 4.91. The van der Waals surface area contributed by atoms with Crippen LogP contribution in [0.25, 0.3) is 0 Å². The van der Waals surface area contributed by atoms with Gasteiger partial charge >= 0.3 is 0 Å². The lowest BCUT2D eigenvalue weighted by molar-refractivity contribution is 0.112. The van der Waals surface area contributed by atoms with Gasteiger partial charge in [-0.25, -0.2) is 0 Å². The van der Waals surface area contributed by atoms with Crippen LogP contribution in [0.15, 0.2) is 12.1 Å². The fraction of sp³-hybridized carbons (Fsp3) is 0.533. The molecule has 0 atom stereocenters. The first-order valence-electron chi connectivity index (χ1n) is 6.48. The number of rotatable bonds is 3. The molecule has 1 fully saturated rings. The molecule has 1 heterocycles. The van der Waals surface area contributed by atoms with Crippen LogP contribution in [0.2, 0.25) is 0 Å². The predicted octanol–water partition coefficient (Wildman–Crippen LogP) is 3.53. The maximum Gasteiger partial charge on any atom is 0.150 e. The van der Waals surface area contributed by atoms with Gasteiger partial charge in [0.2, 0.25) is 0 Å². The fourth-order valence-electron chi connectivity index (χ4n) is 2.55. The summed E-state index contributed by atoms with van der Waals surface area (Å²) in [5.41, 5.74) is 4.56. The van der Waals surface area contributed by atoms with Crippen molar-refractivity contribution in [2.24, 2.45) is 0 Å². The summed E-state index contributed by atoms with van der Waals surface area (Å²) in [6.07, 6.45) is 3.53. The van der Waals surface area contributed by atoms with Crippen molar-refractivity contribution in [3.05, 3.63) is 28.8 Å². The molecule has 1 aliphatic rings. The maximum absolute atomic E-state index is 11.0. The summed E-state index contributed by atoms with van der Waals surface area (Å²) in [5.74, 6) is 0.463. The standard InChI is InChI=1S/C15H21NO/c1-11(2)14-9-13(10-17)12(3)8-15(14)16-6-4-5-7-16/h8-11H,4-7H2,1-3H3. The van der Waals surface area contributed by atoms with Gasteiger partial charge in [-0.1, -0.05) is 13.8 Å². The van der Waals surface area contributed by atoms with Crippen LogP contribution in [0, 0.1) is 6.92 Å². The topological polar surface area (TPSA) is 20.3 Å². The number of anilines is 1. The van der Waals surface area contributed by atoms with Crippen LogP contribution in [0.4, 0.5) is 5.69 Å². The Bertz CT molecular complexity index is 417. The summed E-state index contributed by atoms with van der Waals surface area (Å²) >= 11 is 0. The van der Waals surface area contributed by atoms with Crippen molar-refractivity contribution in [2.45, 2.75) is 39.5 Å². The van der Waals surface area contributed by atoms with Crippen LogP contribution in [0.5, 0.6) is 0 Å². The van der Waals surface area contributed by atoms with Crippen LogP contribution >= 0.6 is 0 Å². The van der Waals surface area contributed by atoms with Gasteiger partial charge in [0.25, 0.3) is 0 Å². The molecule has 0 amide bonds. The predicted molar refractivity (Wildman–Crippen MR) is 72.1 cm³/mol. The molecule has 2 heteroatoms. The van der Waals surface area contributed by atoms with Crippen molar-refractivity contribution in [1.29, 1.82) is 0 Å². The minimum absolute atomic E-state index is 0.463. The Morgan fingerprint density at radius 1 is 1.24 bits per heavy atom. The first-order valence-corrected chi connectivity index (χ1v) is 6.48. The molecule has 1 aliphatic heterocycles. The Morgan fingerprint density at radius 2 is 1.88 bits per heavy atom. The number of nitrogens with zero attached hydrogens (tertiary/aromatic N) is 1. The normalized spacial score (nSPS) is 15.6. The highest BCUT2D eigenvalue weighted by molar-refractivity contribution is 5.80. The third-order valence-electron chi connectivity index (χ3n) is 3.61. The van der Waals surface area contributed by atoms with Crippen LogP contribution in [-0.4, -0.2) is 19.4 Å². The molecule has 17 heavy (non-hydrogen) atoms. The molecule has 0 radical (unpaired) electrons. The summed E-state index contributed by atoms with van der Waals surface area (Å²) in [4.78, 5) is 13.5. The summed E-state index contributed by atoms with van der Waals surface area (Å²) in [5, 5.41) is 0. The highest BCUT2D eigenvalue weighted by Gasteiger charge is 2.18. The van der Waals surface area contributed by atoms with Gasteiger partial charge in [0, 0.05) is 24.3 Å². The zero-order chi connectivity index (χ0) is 12.4. The van der Waals surface area contributed by atoms with Gasteiger partial charge in [-0.2, -0.15) is 0 Å². The molecule has 2 nitrogen and oxygen atoms in total. The molecule has 2 rings (SSSR count). The molecule has 1 aromatic carbocycles. The number of benzene rings is 1. The number of hydrogen-bond acceptors (Lipinski definition) is 2. The lowest BCUT2D eigenvalue weighted by atomic mass is 9.95. The summed E-state index contributed by atoms with van der Waals surface area (Å²) in [6, 6.07) is 4.26. The van der Waals surface area contributed by atoms with Crippen molar-refractivity contribution >= 4 is 12.0 Å². The Hall–Kier alpha value is -1.31. The molecule has 0 N–H and O–H groups in total. The van der Waals surface area contributed by atoms with Gasteiger partial charge in [-0.15, -0.1) is 0 Å². The molecular formula is C15H21NO. The van der Waals surface area contributed by atoms with Gasteiger partial charge < -0.3 is 4.90 Å². The molecule has 0 aromatic heterocycles. The summed E-state index contributed by atoms with van der Waals surface area (Å²) in [6.45, 7) is 8.71. The monoisotopic (exact) mass is 231 g/mol. The average molecular weight is 231 g/mol. The summed E-state index contributed by atoms with van der Waals surface area (Å²) < 4.78 is 0. The second-order valence-corrected chi connectivity index (χ2v) is 5.23. The molecule has 0 unspecified atom stereocenters. The summed E-state index contributed by atoms with van der Waals surface area (Å²) in [7, 11) is 0. The first kappa shape index (κ1) is 12.2. The van der Waals surface area contributed by atoms with Crippen LogP contribution < -0.4 is 4.90 Å². The minimum atomic E-state index is 0.463. The van der Waals surface area contributed by atoms with Crippen molar-refractivity contribution in [3.8, 4) is 0 Å². The molecule has 0 bridgehead atoms. The lowest BCUT2D eigenvalue weighted by Crippen LogP contribution is -2.20. The van der Waals surface area contributed by atoms with Crippen LogP contribution in [0.1, 0.15) is 54.1 Å². The van der Waals surface area contributed by atoms with E-state index in [0.717, 1.165) is 30.5 Å². The Kier molecular flexibility index (Phi) is 3.51. The Morgan fingerprint density at radius 3 is 2.41 bits per heavy atom. The highest BCUT2D eigenvalue weighted by atomic mass is 16.1. The van der Waals surface area contributed by atoms with Crippen LogP contribution in [0.3, 0.4) is 0 Å². The van der Waals surface area contributed by atoms with Crippen LogP contribution in [-0.2, 0) is 0 Å². The second-order valence-electron chi connectivity index (χ2n) is 5.23. The van der Waals surface area contributed by atoms with Crippen molar-refractivity contribution in [3.63, 3.8) is 0 Å². The van der Waals surface area contributed by atoms with E-state index < -0.39 is 0 Å². The maximum atomic E-state index is 11.0. The highest BCUT2D eigenvalue weighted by Crippen LogP contribution is 2.32. The van der Waals surface area contributed by atoms with Gasteiger partial charge in [0.15, 0.2) is 0 Å². The van der Waals surface area contributed by atoms with E-state index in [1.54, 1.807) is 0 Å². The third-order valence-corrected chi connectivity index (χ3v) is 3.61. The largest absolute Gasteiger partial charge is 0.371 e. The molecular weight excluding hydrogens is 210 g/mol. The molecule has 0 saturated carbocycles. The van der Waals surface area contributed by atoms with E-state index in [2.05, 4.69) is 30.9 Å². The quantitative estimate of drug-likeness (QED) is 0.742. The Balaban J connectivity index is 2.48. The molecule has 0 spiro atoms. The van der Waals surface area contributed by atoms with Crippen molar-refractivity contribution in [2.75, 3.05) is 18.0 Å². The average Bonchev–Trinajstić information content (AvgIpc) is 2.81. The number of carbonyl (C=O) groups excluding carboxylic acids is 1. The van der Waals surface area contributed by atoms with E-state index >= 15 is 0 Å². The molecule has 1 saturated heterocycles. The lowest BCUT2D eigenvalue weighted by Gasteiger charge is -2.24. The number of aldehydes is 1. The fourth-order valence-corrected chi connectivity index (χ4v) is 2.55.